The predicted octanol–water partition coefficient (Wildman–Crippen LogP) is 5.07. The number of nitriles is 1. The summed E-state index contributed by atoms with van der Waals surface area (Å²) in [5.41, 5.74) is 0.462. The summed E-state index contributed by atoms with van der Waals surface area (Å²) in [6.45, 7) is 0.189. The first-order valence-electron chi connectivity index (χ1n) is 8.61. The lowest BCUT2D eigenvalue weighted by molar-refractivity contribution is -0.112. The molecule has 0 unspecified atom stereocenters. The lowest BCUT2D eigenvalue weighted by atomic mass is 10.2. The van der Waals surface area contributed by atoms with Crippen LogP contribution in [0.3, 0.4) is 0 Å². The summed E-state index contributed by atoms with van der Waals surface area (Å²) >= 11 is 5.92. The fourth-order valence-electron chi connectivity index (χ4n) is 2.42. The second-order valence-electron chi connectivity index (χ2n) is 5.90. The second-order valence-corrected chi connectivity index (χ2v) is 6.34. The van der Waals surface area contributed by atoms with Crippen molar-refractivity contribution in [2.45, 2.75) is 6.61 Å². The summed E-state index contributed by atoms with van der Waals surface area (Å²) in [6.07, 6.45) is 1.38. The molecule has 1 N–H and O–H groups in total. The first kappa shape index (κ1) is 20.1. The quantitative estimate of drug-likeness (QED) is 0.436. The van der Waals surface area contributed by atoms with Crippen LogP contribution in [-0.4, -0.2) is 13.0 Å². The van der Waals surface area contributed by atoms with Gasteiger partial charge in [0.05, 0.1) is 7.11 Å². The summed E-state index contributed by atoms with van der Waals surface area (Å²) < 4.78 is 16.3. The zero-order chi connectivity index (χ0) is 20.6. The highest BCUT2D eigenvalue weighted by atomic mass is 35.5. The molecule has 29 heavy (non-hydrogen) atoms. The number of methoxy groups -OCH3 is 1. The molecule has 0 fully saturated rings. The van der Waals surface area contributed by atoms with E-state index >= 15 is 0 Å². The Morgan fingerprint density at radius 1 is 1.17 bits per heavy atom. The number of halogens is 1. The topological polar surface area (TPSA) is 84.5 Å². The lowest BCUT2D eigenvalue weighted by Gasteiger charge is -2.05. The summed E-state index contributed by atoms with van der Waals surface area (Å²) in [4.78, 5) is 12.3. The zero-order valence-corrected chi connectivity index (χ0v) is 16.3. The predicted molar refractivity (Wildman–Crippen MR) is 110 cm³/mol. The zero-order valence-electron chi connectivity index (χ0n) is 15.5. The molecule has 7 heteroatoms. The van der Waals surface area contributed by atoms with E-state index in [1.54, 1.807) is 67.8 Å². The van der Waals surface area contributed by atoms with Crippen LogP contribution in [-0.2, 0) is 11.4 Å². The van der Waals surface area contributed by atoms with Crippen molar-refractivity contribution < 1.29 is 18.7 Å². The van der Waals surface area contributed by atoms with Gasteiger partial charge in [-0.15, -0.1) is 0 Å². The Hall–Kier alpha value is -3.69. The Bertz CT molecular complexity index is 1060. The molecular weight excluding hydrogens is 392 g/mol. The summed E-state index contributed by atoms with van der Waals surface area (Å²) in [5.74, 6) is 1.66. The number of hydrogen-bond acceptors (Lipinski definition) is 5. The van der Waals surface area contributed by atoms with E-state index in [0.29, 0.717) is 33.7 Å². The summed E-state index contributed by atoms with van der Waals surface area (Å²) in [5, 5.41) is 12.6. The standard InChI is InChI=1S/C22H17ClN2O4/c1-27-18-7-5-17(6-8-18)25-22(26)15(13-24)11-20-9-10-21(29-20)14-28-19-4-2-3-16(23)12-19/h2-12H,14H2,1H3,(H,25,26). The van der Waals surface area contributed by atoms with Crippen molar-refractivity contribution in [3.63, 3.8) is 0 Å². The molecule has 0 aliphatic carbocycles. The smallest absolute Gasteiger partial charge is 0.266 e. The highest BCUT2D eigenvalue weighted by molar-refractivity contribution is 6.30. The van der Waals surface area contributed by atoms with Gasteiger partial charge in [-0.3, -0.25) is 4.79 Å². The minimum atomic E-state index is -0.536. The van der Waals surface area contributed by atoms with Crippen molar-refractivity contribution in [3.05, 3.63) is 82.8 Å². The molecule has 0 aliphatic heterocycles. The van der Waals surface area contributed by atoms with Gasteiger partial charge in [0.15, 0.2) is 0 Å². The van der Waals surface area contributed by atoms with E-state index in [1.165, 1.54) is 6.08 Å². The lowest BCUT2D eigenvalue weighted by Crippen LogP contribution is -2.13. The third-order valence-corrected chi connectivity index (χ3v) is 4.09. The van der Waals surface area contributed by atoms with Crippen LogP contribution in [0.2, 0.25) is 5.02 Å². The number of benzene rings is 2. The molecule has 1 amide bonds. The molecule has 146 valence electrons. The van der Waals surface area contributed by atoms with Gasteiger partial charge >= 0.3 is 0 Å². The van der Waals surface area contributed by atoms with E-state index in [1.807, 2.05) is 6.07 Å². The number of nitrogens with zero attached hydrogens (tertiary/aromatic N) is 1. The first-order chi connectivity index (χ1) is 14.1. The molecule has 0 saturated heterocycles. The Kier molecular flexibility index (Phi) is 6.56. The number of hydrogen-bond donors (Lipinski definition) is 1. The number of anilines is 1. The van der Waals surface area contributed by atoms with Gasteiger partial charge in [-0.05, 0) is 54.6 Å². The molecule has 1 aromatic heterocycles. The average Bonchev–Trinajstić information content (AvgIpc) is 3.18. The van der Waals surface area contributed by atoms with E-state index < -0.39 is 5.91 Å². The fourth-order valence-corrected chi connectivity index (χ4v) is 2.60. The van der Waals surface area contributed by atoms with E-state index in [0.717, 1.165) is 0 Å². The molecule has 1 heterocycles. The molecule has 0 aliphatic rings. The fraction of sp³-hybridized carbons (Fsp3) is 0.0909. The van der Waals surface area contributed by atoms with Gasteiger partial charge in [0, 0.05) is 16.8 Å². The maximum Gasteiger partial charge on any atom is 0.266 e. The van der Waals surface area contributed by atoms with Crippen molar-refractivity contribution >= 4 is 29.3 Å². The molecule has 0 bridgehead atoms. The second kappa shape index (κ2) is 9.49. The third kappa shape index (κ3) is 5.64. The summed E-state index contributed by atoms with van der Waals surface area (Å²) in [7, 11) is 1.56. The van der Waals surface area contributed by atoms with Crippen molar-refractivity contribution in [1.82, 2.24) is 0 Å². The van der Waals surface area contributed by atoms with Gasteiger partial charge in [-0.25, -0.2) is 0 Å². The monoisotopic (exact) mass is 408 g/mol. The van der Waals surface area contributed by atoms with E-state index in [-0.39, 0.29) is 12.2 Å². The normalized spacial score (nSPS) is 10.9. The van der Waals surface area contributed by atoms with Gasteiger partial charge in [0.25, 0.3) is 5.91 Å². The maximum atomic E-state index is 12.3. The van der Waals surface area contributed by atoms with Gasteiger partial charge < -0.3 is 19.2 Å². The largest absolute Gasteiger partial charge is 0.497 e. The van der Waals surface area contributed by atoms with Crippen LogP contribution in [0, 0.1) is 11.3 Å². The highest BCUT2D eigenvalue weighted by Gasteiger charge is 2.11. The number of nitrogens with one attached hydrogen (secondary N) is 1. The number of rotatable bonds is 7. The minimum absolute atomic E-state index is 0.0857. The first-order valence-corrected chi connectivity index (χ1v) is 8.99. The van der Waals surface area contributed by atoms with Crippen LogP contribution >= 0.6 is 11.6 Å². The number of carbonyl (C=O) groups excluding carboxylic acids is 1. The van der Waals surface area contributed by atoms with Gasteiger partial charge in [0.1, 0.15) is 41.3 Å². The average molecular weight is 409 g/mol. The Morgan fingerprint density at radius 3 is 2.66 bits per heavy atom. The number of amides is 1. The van der Waals surface area contributed by atoms with E-state index in [9.17, 15) is 10.1 Å². The molecule has 0 spiro atoms. The molecule has 3 aromatic rings. The Labute approximate surface area is 172 Å². The molecule has 0 radical (unpaired) electrons. The van der Waals surface area contributed by atoms with Crippen LogP contribution in [0.15, 0.2) is 70.7 Å². The Morgan fingerprint density at radius 2 is 1.97 bits per heavy atom. The van der Waals surface area contributed by atoms with Crippen molar-refractivity contribution in [3.8, 4) is 17.6 Å². The molecule has 2 aromatic carbocycles. The molecule has 3 rings (SSSR count). The number of carbonyl (C=O) groups is 1. The molecule has 0 saturated carbocycles. The van der Waals surface area contributed by atoms with Gasteiger partial charge in [-0.2, -0.15) is 5.26 Å². The molecule has 0 atom stereocenters. The van der Waals surface area contributed by atoms with Crippen molar-refractivity contribution in [1.29, 1.82) is 5.26 Å². The van der Waals surface area contributed by atoms with Crippen LogP contribution in [0.5, 0.6) is 11.5 Å². The summed E-state index contributed by atoms with van der Waals surface area (Å²) in [6, 6.07) is 19.1. The Balaban J connectivity index is 1.64. The van der Waals surface area contributed by atoms with Gasteiger partial charge in [0.2, 0.25) is 0 Å². The van der Waals surface area contributed by atoms with E-state index in [4.69, 9.17) is 25.5 Å². The number of furan rings is 1. The molecular formula is C22H17ClN2O4. The molecule has 6 nitrogen and oxygen atoms in total. The maximum absolute atomic E-state index is 12.3. The number of ether oxygens (including phenoxy) is 2. The SMILES string of the molecule is COc1ccc(NC(=O)C(C#N)=Cc2ccc(COc3cccc(Cl)c3)o2)cc1. The van der Waals surface area contributed by atoms with Crippen molar-refractivity contribution in [2.75, 3.05) is 12.4 Å². The van der Waals surface area contributed by atoms with E-state index in [2.05, 4.69) is 5.32 Å². The highest BCUT2D eigenvalue weighted by Crippen LogP contribution is 2.20. The van der Waals surface area contributed by atoms with Crippen LogP contribution < -0.4 is 14.8 Å². The van der Waals surface area contributed by atoms with Gasteiger partial charge in [-0.1, -0.05) is 17.7 Å². The van der Waals surface area contributed by atoms with Crippen molar-refractivity contribution in [2.24, 2.45) is 0 Å². The van der Waals surface area contributed by atoms with Crippen LogP contribution in [0.25, 0.3) is 6.08 Å². The minimum Gasteiger partial charge on any atom is -0.497 e. The third-order valence-electron chi connectivity index (χ3n) is 3.86. The van der Waals surface area contributed by atoms with Crippen LogP contribution in [0.4, 0.5) is 5.69 Å². The van der Waals surface area contributed by atoms with Crippen LogP contribution in [0.1, 0.15) is 11.5 Å².